The number of tetrazole rings is 1. The molecule has 4 unspecified atom stereocenters. The second kappa shape index (κ2) is 8.63. The van der Waals surface area contributed by atoms with Crippen molar-refractivity contribution in [1.82, 2.24) is 30.8 Å². The van der Waals surface area contributed by atoms with Gasteiger partial charge in [0, 0.05) is 17.5 Å². The van der Waals surface area contributed by atoms with Gasteiger partial charge in [-0.2, -0.15) is 0 Å². The van der Waals surface area contributed by atoms with Crippen LogP contribution in [0.4, 0.5) is 0 Å². The molecule has 1 aromatic rings. The second-order valence-corrected chi connectivity index (χ2v) is 10.2. The van der Waals surface area contributed by atoms with Crippen LogP contribution < -0.4 is 11.1 Å². The first-order valence-corrected chi connectivity index (χ1v) is 11.7. The predicted molar refractivity (Wildman–Crippen MR) is 114 cm³/mol. The minimum absolute atomic E-state index is 0.0585. The zero-order valence-corrected chi connectivity index (χ0v) is 18.4. The molecular formula is C18H23N7O4S2. The molecule has 3 aliphatic rings. The molecule has 1 aliphatic carbocycles. The van der Waals surface area contributed by atoms with E-state index in [1.165, 1.54) is 28.4 Å². The number of nitrogens with zero attached hydrogens (tertiary/aromatic N) is 4. The number of rotatable bonds is 7. The van der Waals surface area contributed by atoms with Crippen molar-refractivity contribution in [2.45, 2.75) is 47.6 Å². The van der Waals surface area contributed by atoms with Crippen LogP contribution in [0.25, 0.3) is 0 Å². The van der Waals surface area contributed by atoms with E-state index >= 15 is 0 Å². The van der Waals surface area contributed by atoms with Crippen LogP contribution in [0.1, 0.15) is 19.8 Å². The Labute approximate surface area is 186 Å². The smallest absolute Gasteiger partial charge is 0.313 e. The number of aromatic amines is 1. The molecule has 0 saturated carbocycles. The van der Waals surface area contributed by atoms with Gasteiger partial charge in [0.15, 0.2) is 0 Å². The van der Waals surface area contributed by atoms with Gasteiger partial charge in [-0.1, -0.05) is 36.9 Å². The lowest BCUT2D eigenvalue weighted by atomic mass is 9.84. The van der Waals surface area contributed by atoms with Crippen LogP contribution in [-0.2, 0) is 14.4 Å². The highest BCUT2D eigenvalue weighted by Crippen LogP contribution is 2.47. The fourth-order valence-electron chi connectivity index (χ4n) is 3.91. The average Bonchev–Trinajstić information content (AvgIpc) is 3.29. The Morgan fingerprint density at radius 1 is 1.48 bits per heavy atom. The second-order valence-electron chi connectivity index (χ2n) is 7.75. The molecule has 4 rings (SSSR count). The maximum Gasteiger partial charge on any atom is 0.313 e. The van der Waals surface area contributed by atoms with Gasteiger partial charge < -0.3 is 21.1 Å². The lowest BCUT2D eigenvalue weighted by Gasteiger charge is -2.55. The SMILES string of the molecule is CC(Sc1nnn[nH]1)C1(C(=O)O)CS[C@@H]2C(NC(=O)C(N)C3=CCC=CC3)C(=O)N2C1. The normalized spacial score (nSPS) is 29.4. The van der Waals surface area contributed by atoms with E-state index in [1.807, 2.05) is 18.2 Å². The lowest BCUT2D eigenvalue weighted by molar-refractivity contribution is -0.158. The Bertz CT molecular complexity index is 937. The molecule has 1 aromatic heterocycles. The molecule has 2 aliphatic heterocycles. The number of carboxylic acid groups (broad SMARTS) is 1. The Morgan fingerprint density at radius 3 is 2.94 bits per heavy atom. The van der Waals surface area contributed by atoms with Crippen molar-refractivity contribution in [1.29, 1.82) is 0 Å². The van der Waals surface area contributed by atoms with Gasteiger partial charge in [-0.15, -0.1) is 16.9 Å². The number of nitrogens with one attached hydrogen (secondary N) is 2. The van der Waals surface area contributed by atoms with Gasteiger partial charge in [0.1, 0.15) is 22.9 Å². The van der Waals surface area contributed by atoms with Crippen molar-refractivity contribution < 1.29 is 19.5 Å². The van der Waals surface area contributed by atoms with E-state index < -0.39 is 34.6 Å². The molecule has 31 heavy (non-hydrogen) atoms. The number of carbonyl (C=O) groups excluding carboxylic acids is 2. The molecule has 3 heterocycles. The van der Waals surface area contributed by atoms with Crippen molar-refractivity contribution in [2.75, 3.05) is 12.3 Å². The number of aliphatic carboxylic acids is 1. The Hall–Kier alpha value is -2.38. The summed E-state index contributed by atoms with van der Waals surface area (Å²) in [4.78, 5) is 39.1. The molecule has 166 valence electrons. The van der Waals surface area contributed by atoms with Gasteiger partial charge in [0.05, 0.1) is 0 Å². The largest absolute Gasteiger partial charge is 0.481 e. The maximum absolute atomic E-state index is 12.8. The number of thioether (sulfide) groups is 2. The fourth-order valence-corrected chi connectivity index (χ4v) is 6.68. The quantitative estimate of drug-likeness (QED) is 0.239. The summed E-state index contributed by atoms with van der Waals surface area (Å²) in [7, 11) is 0. The van der Waals surface area contributed by atoms with Crippen LogP contribution in [0.2, 0.25) is 0 Å². The number of aromatic nitrogens is 4. The van der Waals surface area contributed by atoms with Gasteiger partial charge in [0.25, 0.3) is 0 Å². The van der Waals surface area contributed by atoms with Crippen LogP contribution in [0, 0.1) is 5.41 Å². The van der Waals surface area contributed by atoms with Crippen LogP contribution in [-0.4, -0.2) is 83.4 Å². The molecule has 2 amide bonds. The summed E-state index contributed by atoms with van der Waals surface area (Å²) in [5, 5.41) is 25.9. The fraction of sp³-hybridized carbons (Fsp3) is 0.556. The third kappa shape index (κ3) is 3.96. The van der Waals surface area contributed by atoms with Gasteiger partial charge in [-0.25, -0.2) is 5.10 Å². The molecule has 0 bridgehead atoms. The minimum atomic E-state index is -1.17. The first-order chi connectivity index (χ1) is 14.8. The van der Waals surface area contributed by atoms with Crippen LogP contribution in [0.5, 0.6) is 0 Å². The summed E-state index contributed by atoms with van der Waals surface area (Å²) in [5.74, 6) is -1.37. The molecule has 5 atom stereocenters. The molecule has 5 N–H and O–H groups in total. The van der Waals surface area contributed by atoms with Crippen molar-refractivity contribution in [3.8, 4) is 0 Å². The van der Waals surface area contributed by atoms with Gasteiger partial charge in [0.2, 0.25) is 17.0 Å². The molecule has 13 heteroatoms. The average molecular weight is 466 g/mol. The summed E-state index contributed by atoms with van der Waals surface area (Å²) in [6, 6.07) is -1.50. The molecule has 2 fully saturated rings. The van der Waals surface area contributed by atoms with Crippen LogP contribution in [0.15, 0.2) is 29.0 Å². The van der Waals surface area contributed by atoms with Crippen molar-refractivity contribution >= 4 is 41.3 Å². The van der Waals surface area contributed by atoms with E-state index in [2.05, 4.69) is 25.9 Å². The third-order valence-corrected chi connectivity index (χ3v) is 8.69. The van der Waals surface area contributed by atoms with Gasteiger partial charge in [-0.3, -0.25) is 14.4 Å². The summed E-state index contributed by atoms with van der Waals surface area (Å²) in [6.45, 7) is 1.85. The number of amides is 2. The topological polar surface area (TPSA) is 167 Å². The number of hydrogen-bond donors (Lipinski definition) is 4. The highest BCUT2D eigenvalue weighted by Gasteiger charge is 2.59. The Morgan fingerprint density at radius 2 is 2.29 bits per heavy atom. The first-order valence-electron chi connectivity index (χ1n) is 9.79. The Balaban J connectivity index is 1.41. The van der Waals surface area contributed by atoms with Gasteiger partial charge in [-0.05, 0) is 28.8 Å². The Kier molecular flexibility index (Phi) is 6.08. The lowest BCUT2D eigenvalue weighted by Crippen LogP contribution is -2.75. The molecule has 2 saturated heterocycles. The summed E-state index contributed by atoms with van der Waals surface area (Å²) in [5.41, 5.74) is 5.74. The van der Waals surface area contributed by atoms with Crippen LogP contribution >= 0.6 is 23.5 Å². The predicted octanol–water partition coefficient (Wildman–Crippen LogP) is -0.245. The molecule has 11 nitrogen and oxygen atoms in total. The van der Waals surface area contributed by atoms with Crippen LogP contribution in [0.3, 0.4) is 0 Å². The van der Waals surface area contributed by atoms with Gasteiger partial charge >= 0.3 is 5.97 Å². The molecule has 0 aromatic carbocycles. The van der Waals surface area contributed by atoms with E-state index in [1.54, 1.807) is 6.92 Å². The standard InChI is InChI=1S/C18H23N7O4S2/c1-9(31-17-21-23-24-22-17)18(16(28)29)7-25-14(27)12(15(25)30-8-18)20-13(26)11(19)10-5-3-2-4-6-10/h2-3,6,9,11-12,15H,4-5,7-8,19H2,1H3,(H,20,26)(H,28,29)(H,21,22,23,24)/t9?,11?,12?,15-,18?/m1/s1. The monoisotopic (exact) mass is 465 g/mol. The number of hydrogen-bond acceptors (Lipinski definition) is 9. The molecular weight excluding hydrogens is 442 g/mol. The molecule has 0 radical (unpaired) electrons. The number of H-pyrrole nitrogens is 1. The van der Waals surface area contributed by atoms with Crippen molar-refractivity contribution in [3.05, 3.63) is 23.8 Å². The number of fused-ring (bicyclic) bond motifs is 1. The highest BCUT2D eigenvalue weighted by atomic mass is 32.2. The summed E-state index contributed by atoms with van der Waals surface area (Å²) in [6.07, 6.45) is 7.26. The number of allylic oxidation sites excluding steroid dienone is 3. The minimum Gasteiger partial charge on any atom is -0.481 e. The third-order valence-electron chi connectivity index (χ3n) is 5.94. The van der Waals surface area contributed by atoms with E-state index in [4.69, 9.17) is 5.73 Å². The zero-order chi connectivity index (χ0) is 22.2. The van der Waals surface area contributed by atoms with E-state index in [-0.39, 0.29) is 17.8 Å². The van der Waals surface area contributed by atoms with E-state index in [0.717, 1.165) is 12.0 Å². The number of β-lactam (4-membered cyclic amide) rings is 1. The first kappa shape index (κ1) is 21.8. The summed E-state index contributed by atoms with van der Waals surface area (Å²) < 4.78 is 0. The van der Waals surface area contributed by atoms with Crippen molar-refractivity contribution in [3.63, 3.8) is 0 Å². The zero-order valence-electron chi connectivity index (χ0n) is 16.7. The van der Waals surface area contributed by atoms with E-state index in [9.17, 15) is 19.5 Å². The van der Waals surface area contributed by atoms with Crippen molar-refractivity contribution in [2.24, 2.45) is 11.1 Å². The number of nitrogens with two attached hydrogens (primary N) is 1. The maximum atomic E-state index is 12.8. The number of carboxylic acids is 1. The summed E-state index contributed by atoms with van der Waals surface area (Å²) >= 11 is 2.58. The highest BCUT2D eigenvalue weighted by molar-refractivity contribution is 8.01. The molecule has 0 spiro atoms. The number of carbonyl (C=O) groups is 3. The van der Waals surface area contributed by atoms with E-state index in [0.29, 0.717) is 17.3 Å².